The lowest BCUT2D eigenvalue weighted by Crippen LogP contribution is -2.39. The van der Waals surface area contributed by atoms with Crippen LogP contribution >= 0.6 is 17.4 Å². The van der Waals surface area contributed by atoms with Crippen LogP contribution < -0.4 is 0 Å². The molecular weight excluding hydrogens is 238 g/mol. The third kappa shape index (κ3) is 3.05. The lowest BCUT2D eigenvalue weighted by molar-refractivity contribution is -0.0739. The van der Waals surface area contributed by atoms with E-state index in [0.717, 1.165) is 24.3 Å². The zero-order chi connectivity index (χ0) is 12.3. The first-order chi connectivity index (χ1) is 7.45. The first kappa shape index (κ1) is 14.6. The molecule has 4 unspecified atom stereocenters. The van der Waals surface area contributed by atoms with Gasteiger partial charge in [-0.15, -0.1) is 9.24 Å². The molecule has 0 amide bonds. The van der Waals surface area contributed by atoms with Crippen LogP contribution in [0.5, 0.6) is 0 Å². The largest absolute Gasteiger partial charge is 0.369 e. The normalized spacial score (nSPS) is 30.3. The van der Waals surface area contributed by atoms with Crippen LogP contribution in [0, 0.1) is 0 Å². The number of hydrogen-bond donors (Lipinski definition) is 0. The molecule has 94 valence electrons. The Morgan fingerprint density at radius 1 is 1.56 bits per heavy atom. The van der Waals surface area contributed by atoms with E-state index >= 15 is 0 Å². The highest BCUT2D eigenvalue weighted by molar-refractivity contribution is 7.66. The van der Waals surface area contributed by atoms with Crippen molar-refractivity contribution in [3.8, 4) is 0 Å². The lowest BCUT2D eigenvalue weighted by atomic mass is 9.91. The van der Waals surface area contributed by atoms with Crippen molar-refractivity contribution in [3.63, 3.8) is 0 Å². The van der Waals surface area contributed by atoms with Gasteiger partial charge in [-0.05, 0) is 31.5 Å². The van der Waals surface area contributed by atoms with E-state index in [1.165, 1.54) is 0 Å². The van der Waals surface area contributed by atoms with Gasteiger partial charge in [-0.25, -0.2) is 0 Å². The van der Waals surface area contributed by atoms with E-state index in [0.29, 0.717) is 6.10 Å². The molecule has 0 saturated carbocycles. The van der Waals surface area contributed by atoms with Gasteiger partial charge in [0.1, 0.15) is 0 Å². The van der Waals surface area contributed by atoms with Crippen molar-refractivity contribution in [2.75, 3.05) is 6.66 Å². The molecule has 1 aliphatic rings. The fourth-order valence-electron chi connectivity index (χ4n) is 2.31. The van der Waals surface area contributed by atoms with E-state index in [1.807, 2.05) is 0 Å². The van der Waals surface area contributed by atoms with E-state index < -0.39 is 8.15 Å². The Morgan fingerprint density at radius 3 is 2.56 bits per heavy atom. The molecule has 0 aromatic rings. The molecule has 1 aliphatic heterocycles. The van der Waals surface area contributed by atoms with Gasteiger partial charge in [-0.3, -0.25) is 0 Å². The van der Waals surface area contributed by atoms with Crippen LogP contribution in [0.2, 0.25) is 0 Å². The summed E-state index contributed by atoms with van der Waals surface area (Å²) in [6.07, 6.45) is 3.58. The van der Waals surface area contributed by atoms with E-state index in [2.05, 4.69) is 43.3 Å². The summed E-state index contributed by atoms with van der Waals surface area (Å²) >= 11 is 0. The van der Waals surface area contributed by atoms with Crippen molar-refractivity contribution in [1.82, 2.24) is 0 Å². The summed E-state index contributed by atoms with van der Waals surface area (Å²) in [6.45, 7) is 12.6. The minimum Gasteiger partial charge on any atom is -0.369 e. The highest BCUT2D eigenvalue weighted by Crippen LogP contribution is 2.51. The zero-order valence-corrected chi connectivity index (χ0v) is 12.9. The predicted octanol–water partition coefficient (Wildman–Crippen LogP) is 4.11. The van der Waals surface area contributed by atoms with Gasteiger partial charge < -0.3 is 9.26 Å². The fraction of sp³-hybridized carbons (Fsp3) is 0.833. The maximum Gasteiger partial charge on any atom is 0.0945 e. The minimum absolute atomic E-state index is 0.0733. The molecule has 0 N–H and O–H groups in total. The molecule has 1 saturated heterocycles. The first-order valence-electron chi connectivity index (χ1n) is 5.97. The lowest BCUT2D eigenvalue weighted by Gasteiger charge is -2.34. The summed E-state index contributed by atoms with van der Waals surface area (Å²) in [4.78, 5) is 0. The van der Waals surface area contributed by atoms with Gasteiger partial charge in [0.15, 0.2) is 0 Å². The second kappa shape index (κ2) is 5.91. The van der Waals surface area contributed by atoms with Crippen LogP contribution in [0.3, 0.4) is 0 Å². The third-order valence-electron chi connectivity index (χ3n) is 3.46. The summed E-state index contributed by atoms with van der Waals surface area (Å²) in [5.41, 5.74) is -0.0733. The van der Waals surface area contributed by atoms with Gasteiger partial charge >= 0.3 is 0 Å². The van der Waals surface area contributed by atoms with Crippen molar-refractivity contribution in [2.45, 2.75) is 57.8 Å². The monoisotopic (exact) mass is 262 g/mol. The van der Waals surface area contributed by atoms with Crippen molar-refractivity contribution in [1.29, 1.82) is 0 Å². The van der Waals surface area contributed by atoms with Crippen molar-refractivity contribution in [2.24, 2.45) is 0 Å². The van der Waals surface area contributed by atoms with Crippen LogP contribution in [0.4, 0.5) is 0 Å². The Labute approximate surface area is 103 Å². The SMILES string of the molecule is C=C(P)P(C)OC1CC(C)OC1(CC)CC. The Morgan fingerprint density at radius 2 is 2.12 bits per heavy atom. The third-order valence-corrected chi connectivity index (χ3v) is 5.93. The minimum atomic E-state index is -0.551. The van der Waals surface area contributed by atoms with Gasteiger partial charge in [0.25, 0.3) is 0 Å². The van der Waals surface area contributed by atoms with Gasteiger partial charge in [-0.1, -0.05) is 20.4 Å². The van der Waals surface area contributed by atoms with Gasteiger partial charge in [0.2, 0.25) is 0 Å². The van der Waals surface area contributed by atoms with Crippen molar-refractivity contribution < 1.29 is 9.26 Å². The van der Waals surface area contributed by atoms with Crippen LogP contribution in [0.15, 0.2) is 11.6 Å². The molecule has 0 spiro atoms. The molecule has 0 aromatic carbocycles. The maximum atomic E-state index is 6.16. The second-order valence-corrected chi connectivity index (χ2v) is 7.48. The Kier molecular flexibility index (Phi) is 5.39. The first-order valence-corrected chi connectivity index (χ1v) is 8.26. The summed E-state index contributed by atoms with van der Waals surface area (Å²) in [6, 6.07) is 0. The molecule has 2 nitrogen and oxygen atoms in total. The molecule has 16 heavy (non-hydrogen) atoms. The molecular formula is C12H24O2P2. The zero-order valence-electron chi connectivity index (χ0n) is 10.8. The van der Waals surface area contributed by atoms with Crippen LogP contribution in [-0.4, -0.2) is 24.5 Å². The van der Waals surface area contributed by atoms with Crippen molar-refractivity contribution >= 4 is 17.4 Å². The Balaban J connectivity index is 2.73. The second-order valence-electron chi connectivity index (χ2n) is 4.52. The predicted molar refractivity (Wildman–Crippen MR) is 75.0 cm³/mol. The summed E-state index contributed by atoms with van der Waals surface area (Å²) in [5, 5.41) is 1.07. The highest BCUT2D eigenvalue weighted by atomic mass is 31.2. The highest BCUT2D eigenvalue weighted by Gasteiger charge is 2.46. The van der Waals surface area contributed by atoms with Gasteiger partial charge in [-0.2, -0.15) is 0 Å². The molecule has 1 heterocycles. The van der Waals surface area contributed by atoms with Crippen LogP contribution in [-0.2, 0) is 9.26 Å². The van der Waals surface area contributed by atoms with E-state index in [1.54, 1.807) is 0 Å². The maximum absolute atomic E-state index is 6.16. The fourth-order valence-corrected chi connectivity index (χ4v) is 3.29. The molecule has 0 aliphatic carbocycles. The van der Waals surface area contributed by atoms with Crippen molar-refractivity contribution in [3.05, 3.63) is 11.6 Å². The molecule has 1 fully saturated rings. The summed E-state index contributed by atoms with van der Waals surface area (Å²) in [5.74, 6) is 0. The van der Waals surface area contributed by atoms with E-state index in [9.17, 15) is 0 Å². The molecule has 0 aromatic heterocycles. The number of hydrogen-bond acceptors (Lipinski definition) is 2. The Hall–Kier alpha value is 0.520. The average molecular weight is 262 g/mol. The average Bonchev–Trinajstić information content (AvgIpc) is 2.55. The molecule has 4 atom stereocenters. The number of rotatable bonds is 5. The Bertz CT molecular complexity index is 251. The molecule has 1 rings (SSSR count). The van der Waals surface area contributed by atoms with E-state index in [-0.39, 0.29) is 11.7 Å². The summed E-state index contributed by atoms with van der Waals surface area (Å²) < 4.78 is 12.2. The quantitative estimate of drug-likeness (QED) is 0.694. The summed E-state index contributed by atoms with van der Waals surface area (Å²) in [7, 11) is 2.10. The molecule has 4 heteroatoms. The van der Waals surface area contributed by atoms with Crippen LogP contribution in [0.25, 0.3) is 0 Å². The topological polar surface area (TPSA) is 18.5 Å². The van der Waals surface area contributed by atoms with E-state index in [4.69, 9.17) is 9.26 Å². The standard InChI is InChI=1S/C12H24O2P2/c1-6-12(7-2)11(8-9(3)13-12)14-16(5)10(4)15/h9,11H,4,6-8,15H2,1-3,5H3. The molecule has 0 radical (unpaired) electrons. The van der Waals surface area contributed by atoms with Crippen LogP contribution in [0.1, 0.15) is 40.0 Å². The van der Waals surface area contributed by atoms with Gasteiger partial charge in [0.05, 0.1) is 26.0 Å². The van der Waals surface area contributed by atoms with Gasteiger partial charge in [0, 0.05) is 6.42 Å². The smallest absolute Gasteiger partial charge is 0.0945 e. The molecule has 0 bridgehead atoms. The number of ether oxygens (including phenoxy) is 1.